The van der Waals surface area contributed by atoms with Crippen LogP contribution in [0.4, 0.5) is 4.39 Å². The number of rotatable bonds is 4. The summed E-state index contributed by atoms with van der Waals surface area (Å²) in [7, 11) is -1.68. The smallest absolute Gasteiger partial charge is 0.335 e. The molecular formula is C14H12FNO3S. The van der Waals surface area contributed by atoms with E-state index in [-0.39, 0.29) is 16.2 Å². The normalized spacial score (nSPS) is 12.1. The maximum absolute atomic E-state index is 13.7. The van der Waals surface area contributed by atoms with Crippen molar-refractivity contribution in [2.45, 2.75) is 17.6 Å². The molecule has 0 bridgehead atoms. The van der Waals surface area contributed by atoms with Gasteiger partial charge in [0.25, 0.3) is 0 Å². The first kappa shape index (κ1) is 14.3. The lowest BCUT2D eigenvalue weighted by molar-refractivity contribution is 0.0696. The zero-order valence-corrected chi connectivity index (χ0v) is 11.5. The number of halogens is 1. The van der Waals surface area contributed by atoms with Crippen molar-refractivity contribution in [1.82, 2.24) is 4.98 Å². The second kappa shape index (κ2) is 5.92. The van der Waals surface area contributed by atoms with E-state index in [4.69, 9.17) is 5.11 Å². The molecule has 0 amide bonds. The fraction of sp³-hybridized carbons (Fsp3) is 0.143. The molecule has 104 valence electrons. The zero-order valence-electron chi connectivity index (χ0n) is 10.7. The van der Waals surface area contributed by atoms with E-state index in [9.17, 15) is 13.4 Å². The molecule has 1 atom stereocenters. The van der Waals surface area contributed by atoms with Crippen LogP contribution in [0.25, 0.3) is 0 Å². The van der Waals surface area contributed by atoms with Crippen LogP contribution in [0.3, 0.4) is 0 Å². The van der Waals surface area contributed by atoms with Crippen LogP contribution in [0.2, 0.25) is 0 Å². The summed E-state index contributed by atoms with van der Waals surface area (Å²) in [5, 5.41) is 8.88. The minimum Gasteiger partial charge on any atom is -0.478 e. The van der Waals surface area contributed by atoms with Gasteiger partial charge in [0.1, 0.15) is 5.82 Å². The Bertz CT molecular complexity index is 688. The molecule has 0 saturated carbocycles. The van der Waals surface area contributed by atoms with Crippen LogP contribution in [-0.2, 0) is 16.6 Å². The number of nitrogens with zero attached hydrogens (tertiary/aromatic N) is 1. The first-order valence-corrected chi connectivity index (χ1v) is 7.12. The standard InChI is InChI=1S/C14H12FNO3S/c1-9-3-2-6-16-12(9)8-20(19)13-7-10(14(17)18)4-5-11(13)15/h2-7H,8H2,1H3,(H,17,18). The quantitative estimate of drug-likeness (QED) is 0.940. The Labute approximate surface area is 117 Å². The minimum absolute atomic E-state index is 0.0483. The number of hydrogen-bond donors (Lipinski definition) is 1. The van der Waals surface area contributed by atoms with E-state index in [1.54, 1.807) is 12.3 Å². The molecule has 20 heavy (non-hydrogen) atoms. The van der Waals surface area contributed by atoms with Gasteiger partial charge < -0.3 is 5.11 Å². The Morgan fingerprint density at radius 3 is 2.80 bits per heavy atom. The molecule has 6 heteroatoms. The van der Waals surface area contributed by atoms with Crippen molar-refractivity contribution < 1.29 is 18.5 Å². The molecule has 0 radical (unpaired) electrons. The predicted octanol–water partition coefficient (Wildman–Crippen LogP) is 2.54. The summed E-state index contributed by atoms with van der Waals surface area (Å²) in [6.07, 6.45) is 1.57. The van der Waals surface area contributed by atoms with Gasteiger partial charge in [-0.2, -0.15) is 0 Å². The van der Waals surface area contributed by atoms with Crippen molar-refractivity contribution in [3.8, 4) is 0 Å². The van der Waals surface area contributed by atoms with Gasteiger partial charge in [-0.15, -0.1) is 0 Å². The van der Waals surface area contributed by atoms with Crippen LogP contribution in [-0.4, -0.2) is 20.3 Å². The van der Waals surface area contributed by atoms with E-state index in [0.717, 1.165) is 23.8 Å². The van der Waals surface area contributed by atoms with Crippen LogP contribution in [0, 0.1) is 12.7 Å². The molecular weight excluding hydrogens is 281 g/mol. The molecule has 0 aliphatic rings. The summed E-state index contributed by atoms with van der Waals surface area (Å²) in [4.78, 5) is 14.8. The van der Waals surface area contributed by atoms with Crippen molar-refractivity contribution in [2.75, 3.05) is 0 Å². The van der Waals surface area contributed by atoms with Crippen molar-refractivity contribution in [1.29, 1.82) is 0 Å². The predicted molar refractivity (Wildman–Crippen MR) is 72.4 cm³/mol. The number of carbonyl (C=O) groups is 1. The van der Waals surface area contributed by atoms with Crippen LogP contribution in [0.15, 0.2) is 41.4 Å². The molecule has 1 heterocycles. The third-order valence-electron chi connectivity index (χ3n) is 2.81. The molecule has 0 saturated heterocycles. The average Bonchev–Trinajstić information content (AvgIpc) is 2.41. The van der Waals surface area contributed by atoms with Crippen LogP contribution < -0.4 is 0 Å². The van der Waals surface area contributed by atoms with E-state index in [1.807, 2.05) is 13.0 Å². The minimum atomic E-state index is -1.68. The van der Waals surface area contributed by atoms with Gasteiger partial charge in [0.2, 0.25) is 0 Å². The SMILES string of the molecule is Cc1cccnc1CS(=O)c1cc(C(=O)O)ccc1F. The highest BCUT2D eigenvalue weighted by atomic mass is 32.2. The average molecular weight is 293 g/mol. The van der Waals surface area contributed by atoms with Crippen molar-refractivity contribution in [3.05, 3.63) is 59.2 Å². The van der Waals surface area contributed by atoms with Crippen molar-refractivity contribution >= 4 is 16.8 Å². The highest BCUT2D eigenvalue weighted by Gasteiger charge is 2.15. The van der Waals surface area contributed by atoms with E-state index in [2.05, 4.69) is 4.98 Å². The van der Waals surface area contributed by atoms with E-state index < -0.39 is 22.6 Å². The number of hydrogen-bond acceptors (Lipinski definition) is 3. The van der Waals surface area contributed by atoms with Gasteiger partial charge in [0.05, 0.1) is 32.7 Å². The first-order chi connectivity index (χ1) is 9.49. The van der Waals surface area contributed by atoms with Gasteiger partial charge in [-0.1, -0.05) is 6.07 Å². The number of aromatic nitrogens is 1. The summed E-state index contributed by atoms with van der Waals surface area (Å²) in [5.74, 6) is -1.81. The molecule has 1 aromatic carbocycles. The Hall–Kier alpha value is -2.08. The summed E-state index contributed by atoms with van der Waals surface area (Å²) in [6.45, 7) is 1.82. The zero-order chi connectivity index (χ0) is 14.7. The Morgan fingerprint density at radius 2 is 2.15 bits per heavy atom. The monoisotopic (exact) mass is 293 g/mol. The van der Waals surface area contributed by atoms with Crippen molar-refractivity contribution in [3.63, 3.8) is 0 Å². The van der Waals surface area contributed by atoms with Gasteiger partial charge in [0, 0.05) is 6.20 Å². The number of pyridine rings is 1. The maximum atomic E-state index is 13.7. The van der Waals surface area contributed by atoms with E-state index in [0.29, 0.717) is 5.69 Å². The van der Waals surface area contributed by atoms with Gasteiger partial charge in [0.15, 0.2) is 0 Å². The topological polar surface area (TPSA) is 67.3 Å². The first-order valence-electron chi connectivity index (χ1n) is 5.80. The number of aromatic carboxylic acids is 1. The third-order valence-corrected chi connectivity index (χ3v) is 4.15. The summed E-state index contributed by atoms with van der Waals surface area (Å²) in [5.41, 5.74) is 1.37. The fourth-order valence-corrected chi connectivity index (χ4v) is 2.93. The molecule has 1 N–H and O–H groups in total. The van der Waals surface area contributed by atoms with Gasteiger partial charge in [-0.05, 0) is 36.8 Å². The summed E-state index contributed by atoms with van der Waals surface area (Å²) < 4.78 is 25.9. The van der Waals surface area contributed by atoms with E-state index in [1.165, 1.54) is 0 Å². The summed E-state index contributed by atoms with van der Waals surface area (Å²) in [6, 6.07) is 6.84. The molecule has 2 rings (SSSR count). The molecule has 4 nitrogen and oxygen atoms in total. The highest BCUT2D eigenvalue weighted by molar-refractivity contribution is 7.84. The second-order valence-electron chi connectivity index (χ2n) is 4.21. The number of carboxylic acids is 1. The lowest BCUT2D eigenvalue weighted by atomic mass is 10.2. The van der Waals surface area contributed by atoms with Crippen LogP contribution in [0.5, 0.6) is 0 Å². The van der Waals surface area contributed by atoms with Crippen LogP contribution >= 0.6 is 0 Å². The largest absolute Gasteiger partial charge is 0.478 e. The highest BCUT2D eigenvalue weighted by Crippen LogP contribution is 2.18. The molecule has 0 spiro atoms. The van der Waals surface area contributed by atoms with Gasteiger partial charge >= 0.3 is 5.97 Å². The third kappa shape index (κ3) is 3.08. The Kier molecular flexibility index (Phi) is 4.24. The number of carboxylic acid groups (broad SMARTS) is 1. The lowest BCUT2D eigenvalue weighted by Crippen LogP contribution is -2.05. The van der Waals surface area contributed by atoms with E-state index >= 15 is 0 Å². The maximum Gasteiger partial charge on any atom is 0.335 e. The molecule has 0 aliphatic heterocycles. The lowest BCUT2D eigenvalue weighted by Gasteiger charge is -2.06. The van der Waals surface area contributed by atoms with Crippen molar-refractivity contribution in [2.24, 2.45) is 0 Å². The molecule has 1 aromatic heterocycles. The number of benzene rings is 1. The molecule has 0 fully saturated rings. The fourth-order valence-electron chi connectivity index (χ4n) is 1.68. The Balaban J connectivity index is 2.32. The molecule has 2 aromatic rings. The van der Waals surface area contributed by atoms with Gasteiger partial charge in [-0.25, -0.2) is 9.18 Å². The Morgan fingerprint density at radius 1 is 1.40 bits per heavy atom. The summed E-state index contributed by atoms with van der Waals surface area (Å²) >= 11 is 0. The van der Waals surface area contributed by atoms with Gasteiger partial charge in [-0.3, -0.25) is 9.19 Å². The second-order valence-corrected chi connectivity index (χ2v) is 5.63. The number of aryl methyl sites for hydroxylation is 1. The van der Waals surface area contributed by atoms with Crippen LogP contribution in [0.1, 0.15) is 21.6 Å². The molecule has 0 aliphatic carbocycles. The molecule has 1 unspecified atom stereocenters.